The van der Waals surface area contributed by atoms with E-state index >= 15 is 0 Å². The first-order valence-corrected chi connectivity index (χ1v) is 7.17. The predicted molar refractivity (Wildman–Crippen MR) is 74.3 cm³/mol. The van der Waals surface area contributed by atoms with E-state index in [0.717, 1.165) is 32.2 Å². The summed E-state index contributed by atoms with van der Waals surface area (Å²) in [6.45, 7) is 3.45. The maximum Gasteiger partial charge on any atom is 0.225 e. The fraction of sp³-hybridized carbons (Fsp3) is 0.714. The minimum atomic E-state index is -0.194. The van der Waals surface area contributed by atoms with E-state index in [1.54, 1.807) is 12.3 Å². The number of aliphatic hydroxyl groups is 1. The van der Waals surface area contributed by atoms with E-state index < -0.39 is 0 Å². The number of aliphatic hydroxyl groups excluding tert-OH is 1. The fourth-order valence-electron chi connectivity index (χ4n) is 2.36. The summed E-state index contributed by atoms with van der Waals surface area (Å²) in [6.07, 6.45) is 6.77. The summed E-state index contributed by atoms with van der Waals surface area (Å²) < 4.78 is 5.47. The number of rotatable bonds is 6. The average molecular weight is 265 g/mol. The van der Waals surface area contributed by atoms with Crippen LogP contribution in [0.5, 0.6) is 5.88 Å². The molecule has 5 heteroatoms. The zero-order valence-electron chi connectivity index (χ0n) is 11.5. The molecule has 2 unspecified atom stereocenters. The van der Waals surface area contributed by atoms with Crippen molar-refractivity contribution >= 4 is 5.95 Å². The van der Waals surface area contributed by atoms with Crippen LogP contribution in [-0.4, -0.2) is 34.3 Å². The van der Waals surface area contributed by atoms with E-state index in [-0.39, 0.29) is 6.10 Å². The molecule has 19 heavy (non-hydrogen) atoms. The molecule has 1 saturated carbocycles. The molecule has 1 aromatic heterocycles. The molecule has 1 aliphatic rings. The molecule has 2 atom stereocenters. The van der Waals surface area contributed by atoms with E-state index in [2.05, 4.69) is 22.2 Å². The van der Waals surface area contributed by atoms with Crippen LogP contribution in [0.1, 0.15) is 39.0 Å². The lowest BCUT2D eigenvalue weighted by Gasteiger charge is -2.27. The highest BCUT2D eigenvalue weighted by atomic mass is 16.5. The lowest BCUT2D eigenvalue weighted by Crippen LogP contribution is -2.30. The molecule has 0 aromatic carbocycles. The van der Waals surface area contributed by atoms with Gasteiger partial charge in [-0.1, -0.05) is 19.8 Å². The molecule has 0 saturated heterocycles. The molecule has 0 radical (unpaired) electrons. The van der Waals surface area contributed by atoms with Crippen molar-refractivity contribution in [1.82, 2.24) is 9.97 Å². The van der Waals surface area contributed by atoms with Crippen molar-refractivity contribution in [2.75, 3.05) is 18.5 Å². The largest absolute Gasteiger partial charge is 0.478 e. The summed E-state index contributed by atoms with van der Waals surface area (Å²) in [7, 11) is 0. The Morgan fingerprint density at radius 2 is 2.26 bits per heavy atom. The number of nitrogens with zero attached hydrogens (tertiary/aromatic N) is 2. The highest BCUT2D eigenvalue weighted by Crippen LogP contribution is 2.24. The van der Waals surface area contributed by atoms with Gasteiger partial charge in [-0.25, -0.2) is 4.98 Å². The van der Waals surface area contributed by atoms with Crippen molar-refractivity contribution in [1.29, 1.82) is 0 Å². The maximum absolute atomic E-state index is 9.91. The van der Waals surface area contributed by atoms with Gasteiger partial charge < -0.3 is 15.2 Å². The molecule has 1 fully saturated rings. The molecule has 5 nitrogen and oxygen atoms in total. The van der Waals surface area contributed by atoms with E-state index in [1.807, 2.05) is 0 Å². The van der Waals surface area contributed by atoms with Crippen molar-refractivity contribution in [3.05, 3.63) is 12.3 Å². The van der Waals surface area contributed by atoms with Gasteiger partial charge in [0.1, 0.15) is 0 Å². The Morgan fingerprint density at radius 1 is 1.42 bits per heavy atom. The highest BCUT2D eigenvalue weighted by molar-refractivity contribution is 5.27. The number of aromatic nitrogens is 2. The molecule has 0 bridgehead atoms. The lowest BCUT2D eigenvalue weighted by molar-refractivity contribution is 0.0762. The standard InChI is InChI=1S/C14H23N3O2/c1-2-9-19-13-7-8-15-14(17-13)16-10-11-5-3-4-6-12(11)18/h7-8,11-12,18H,2-6,9-10H2,1H3,(H,15,16,17). The molecule has 1 aliphatic carbocycles. The summed E-state index contributed by atoms with van der Waals surface area (Å²) >= 11 is 0. The quantitative estimate of drug-likeness (QED) is 0.825. The smallest absolute Gasteiger partial charge is 0.225 e. The van der Waals surface area contributed by atoms with Gasteiger partial charge in [0.25, 0.3) is 0 Å². The zero-order valence-corrected chi connectivity index (χ0v) is 11.5. The second-order valence-corrected chi connectivity index (χ2v) is 5.06. The molecule has 0 aliphatic heterocycles. The van der Waals surface area contributed by atoms with Gasteiger partial charge in [0.15, 0.2) is 0 Å². The van der Waals surface area contributed by atoms with E-state index in [4.69, 9.17) is 4.74 Å². The Bertz CT molecular complexity index is 387. The van der Waals surface area contributed by atoms with Crippen LogP contribution in [0.3, 0.4) is 0 Å². The summed E-state index contributed by atoms with van der Waals surface area (Å²) in [6, 6.07) is 1.76. The summed E-state index contributed by atoms with van der Waals surface area (Å²) in [4.78, 5) is 8.47. The van der Waals surface area contributed by atoms with Gasteiger partial charge in [-0.05, 0) is 19.3 Å². The average Bonchev–Trinajstić information content (AvgIpc) is 2.45. The van der Waals surface area contributed by atoms with Crippen molar-refractivity contribution in [3.8, 4) is 5.88 Å². The Kier molecular flexibility index (Phi) is 5.39. The van der Waals surface area contributed by atoms with E-state index in [9.17, 15) is 5.11 Å². The Morgan fingerprint density at radius 3 is 3.05 bits per heavy atom. The monoisotopic (exact) mass is 265 g/mol. The van der Waals surface area contributed by atoms with Gasteiger partial charge in [0, 0.05) is 24.7 Å². The van der Waals surface area contributed by atoms with Crippen molar-refractivity contribution in [2.45, 2.75) is 45.1 Å². The topological polar surface area (TPSA) is 67.3 Å². The number of nitrogens with one attached hydrogen (secondary N) is 1. The Hall–Kier alpha value is -1.36. The third-order valence-corrected chi connectivity index (χ3v) is 3.48. The molecule has 106 valence electrons. The zero-order chi connectivity index (χ0) is 13.5. The van der Waals surface area contributed by atoms with Crippen molar-refractivity contribution in [2.24, 2.45) is 5.92 Å². The number of anilines is 1. The third-order valence-electron chi connectivity index (χ3n) is 3.48. The normalized spacial score (nSPS) is 23.1. The molecule has 0 spiro atoms. The van der Waals surface area contributed by atoms with Crippen LogP contribution in [-0.2, 0) is 0 Å². The molecule has 0 amide bonds. The number of hydrogen-bond acceptors (Lipinski definition) is 5. The number of ether oxygens (including phenoxy) is 1. The number of hydrogen-bond donors (Lipinski definition) is 2. The summed E-state index contributed by atoms with van der Waals surface area (Å²) in [5.41, 5.74) is 0. The minimum absolute atomic E-state index is 0.194. The van der Waals surface area contributed by atoms with Gasteiger partial charge in [-0.2, -0.15) is 4.98 Å². The highest BCUT2D eigenvalue weighted by Gasteiger charge is 2.22. The lowest BCUT2D eigenvalue weighted by atomic mass is 9.86. The summed E-state index contributed by atoms with van der Waals surface area (Å²) in [5, 5.41) is 13.1. The van der Waals surface area contributed by atoms with Crippen molar-refractivity contribution in [3.63, 3.8) is 0 Å². The second kappa shape index (κ2) is 7.28. The van der Waals surface area contributed by atoms with Crippen LogP contribution >= 0.6 is 0 Å². The second-order valence-electron chi connectivity index (χ2n) is 5.06. The molecule has 2 N–H and O–H groups in total. The van der Waals surface area contributed by atoms with E-state index in [0.29, 0.717) is 24.4 Å². The van der Waals surface area contributed by atoms with Crippen LogP contribution in [0.25, 0.3) is 0 Å². The van der Waals surface area contributed by atoms with Gasteiger partial charge in [0.2, 0.25) is 11.8 Å². The van der Waals surface area contributed by atoms with Crippen molar-refractivity contribution < 1.29 is 9.84 Å². The molecule has 2 rings (SSSR count). The van der Waals surface area contributed by atoms with Crippen LogP contribution in [0.4, 0.5) is 5.95 Å². The predicted octanol–water partition coefficient (Wildman–Crippen LogP) is 2.23. The van der Waals surface area contributed by atoms with Gasteiger partial charge in [-0.15, -0.1) is 0 Å². The molecular weight excluding hydrogens is 242 g/mol. The first-order chi connectivity index (χ1) is 9.29. The first-order valence-electron chi connectivity index (χ1n) is 7.17. The van der Waals surface area contributed by atoms with Crippen LogP contribution in [0.2, 0.25) is 0 Å². The van der Waals surface area contributed by atoms with Crippen LogP contribution in [0.15, 0.2) is 12.3 Å². The molecular formula is C14H23N3O2. The van der Waals surface area contributed by atoms with Gasteiger partial charge in [0.05, 0.1) is 12.7 Å². The Labute approximate surface area is 114 Å². The van der Waals surface area contributed by atoms with Gasteiger partial charge >= 0.3 is 0 Å². The first kappa shape index (κ1) is 14.1. The van der Waals surface area contributed by atoms with Crippen LogP contribution in [0, 0.1) is 5.92 Å². The van der Waals surface area contributed by atoms with E-state index in [1.165, 1.54) is 6.42 Å². The molecule has 1 aromatic rings. The maximum atomic E-state index is 9.91. The Balaban J connectivity index is 1.84. The third kappa shape index (κ3) is 4.35. The minimum Gasteiger partial charge on any atom is -0.478 e. The van der Waals surface area contributed by atoms with Crippen LogP contribution < -0.4 is 10.1 Å². The van der Waals surface area contributed by atoms with Gasteiger partial charge in [-0.3, -0.25) is 0 Å². The molecule has 1 heterocycles. The SMILES string of the molecule is CCCOc1ccnc(NCC2CCCCC2O)n1. The fourth-order valence-corrected chi connectivity index (χ4v) is 2.36. The summed E-state index contributed by atoms with van der Waals surface area (Å²) in [5.74, 6) is 1.48.